The number of hydrogen-bond acceptors (Lipinski definition) is 5. The van der Waals surface area contributed by atoms with Gasteiger partial charge in [-0.1, -0.05) is 44.2 Å². The van der Waals surface area contributed by atoms with Crippen molar-refractivity contribution < 1.29 is 0 Å². The molecule has 6 nitrogen and oxygen atoms in total. The van der Waals surface area contributed by atoms with E-state index in [-0.39, 0.29) is 0 Å². The van der Waals surface area contributed by atoms with Crippen molar-refractivity contribution in [2.24, 2.45) is 0 Å². The quantitative estimate of drug-likeness (QED) is 0.364. The summed E-state index contributed by atoms with van der Waals surface area (Å²) in [5, 5.41) is 9.22. The molecule has 0 radical (unpaired) electrons. The van der Waals surface area contributed by atoms with Crippen molar-refractivity contribution in [2.75, 3.05) is 18.0 Å². The van der Waals surface area contributed by atoms with Crippen molar-refractivity contribution in [3.63, 3.8) is 0 Å². The number of fused-ring (bicyclic) bond motifs is 2. The molecule has 0 spiro atoms. The number of rotatable bonds is 3. The predicted octanol–water partition coefficient (Wildman–Crippen LogP) is 5.82. The number of anilines is 1. The third kappa shape index (κ3) is 4.26. The Morgan fingerprint density at radius 2 is 1.54 bits per heavy atom. The van der Waals surface area contributed by atoms with Crippen LogP contribution in [0.2, 0.25) is 0 Å². The molecule has 1 aliphatic rings. The minimum absolute atomic E-state index is 0.476. The summed E-state index contributed by atoms with van der Waals surface area (Å²) in [4.78, 5) is 11.8. The molecule has 0 aliphatic carbocycles. The smallest absolute Gasteiger partial charge is 0.162 e. The molecule has 178 valence electrons. The second-order valence-electron chi connectivity index (χ2n) is 8.86. The van der Waals surface area contributed by atoms with Crippen LogP contribution >= 0.6 is 0 Å². The average molecular weight is 465 g/mol. The van der Waals surface area contributed by atoms with Crippen LogP contribution < -0.4 is 10.2 Å². The van der Waals surface area contributed by atoms with Crippen LogP contribution in [-0.4, -0.2) is 44.8 Å². The normalized spacial score (nSPS) is 17.9. The summed E-state index contributed by atoms with van der Waals surface area (Å²) in [7, 11) is 0. The van der Waals surface area contributed by atoms with Gasteiger partial charge in [-0.3, -0.25) is 4.98 Å². The average Bonchev–Trinajstić information content (AvgIpc) is 3.33. The Bertz CT molecular complexity index is 1420. The molecule has 4 heterocycles. The molecule has 0 amide bonds. The van der Waals surface area contributed by atoms with Crippen molar-refractivity contribution in [1.29, 1.82) is 0 Å². The summed E-state index contributed by atoms with van der Waals surface area (Å²) in [6.07, 6.45) is 7.73. The van der Waals surface area contributed by atoms with Gasteiger partial charge >= 0.3 is 0 Å². The van der Waals surface area contributed by atoms with E-state index in [1.54, 1.807) is 0 Å². The van der Waals surface area contributed by atoms with E-state index in [1.807, 2.05) is 61.2 Å². The fourth-order valence-electron chi connectivity index (χ4n) is 5.01. The van der Waals surface area contributed by atoms with E-state index in [4.69, 9.17) is 4.98 Å². The number of pyridine rings is 1. The van der Waals surface area contributed by atoms with Crippen LogP contribution in [0, 0.1) is 0 Å². The molecule has 1 aliphatic heterocycles. The van der Waals surface area contributed by atoms with Crippen LogP contribution in [0.5, 0.6) is 0 Å². The van der Waals surface area contributed by atoms with Crippen LogP contribution in [-0.2, 0) is 0 Å². The zero-order chi connectivity index (χ0) is 24.4. The van der Waals surface area contributed by atoms with E-state index in [9.17, 15) is 0 Å². The highest BCUT2D eigenvalue weighted by molar-refractivity contribution is 5.97. The Morgan fingerprint density at radius 1 is 0.800 bits per heavy atom. The summed E-state index contributed by atoms with van der Waals surface area (Å²) in [5.74, 6) is 0. The molecule has 35 heavy (non-hydrogen) atoms. The number of hydrogen-bond donors (Lipinski definition) is 1. The van der Waals surface area contributed by atoms with E-state index in [1.165, 1.54) is 5.69 Å². The highest BCUT2D eigenvalue weighted by Crippen LogP contribution is 2.31. The first-order valence-corrected chi connectivity index (χ1v) is 12.5. The lowest BCUT2D eigenvalue weighted by Crippen LogP contribution is -2.55. The van der Waals surface area contributed by atoms with Gasteiger partial charge in [0.1, 0.15) is 0 Å². The maximum Gasteiger partial charge on any atom is 0.162 e. The molecule has 0 unspecified atom stereocenters. The molecular formula is C29H32N6. The Hall–Kier alpha value is -3.77. The molecule has 1 fully saturated rings. The van der Waals surface area contributed by atoms with Gasteiger partial charge in [0.2, 0.25) is 0 Å². The van der Waals surface area contributed by atoms with Crippen LogP contribution in [0.4, 0.5) is 5.69 Å². The van der Waals surface area contributed by atoms with Gasteiger partial charge in [0.15, 0.2) is 5.65 Å². The number of piperazine rings is 1. The molecule has 1 N–H and O–H groups in total. The molecule has 5 aromatic rings. The topological polar surface area (TPSA) is 58.3 Å². The molecule has 2 aromatic carbocycles. The molecule has 6 heteroatoms. The van der Waals surface area contributed by atoms with E-state index < -0.39 is 0 Å². The summed E-state index contributed by atoms with van der Waals surface area (Å²) in [5.41, 5.74) is 7.37. The van der Waals surface area contributed by atoms with Crippen molar-refractivity contribution in [3.05, 3.63) is 79.4 Å². The van der Waals surface area contributed by atoms with Gasteiger partial charge in [0.05, 0.1) is 11.7 Å². The van der Waals surface area contributed by atoms with E-state index in [0.29, 0.717) is 12.1 Å². The van der Waals surface area contributed by atoms with Gasteiger partial charge in [0.25, 0.3) is 0 Å². The van der Waals surface area contributed by atoms with Gasteiger partial charge in [-0.2, -0.15) is 5.10 Å². The van der Waals surface area contributed by atoms with E-state index >= 15 is 0 Å². The molecule has 3 aromatic heterocycles. The molecule has 0 bridgehead atoms. The van der Waals surface area contributed by atoms with Crippen LogP contribution in [0.1, 0.15) is 27.7 Å². The summed E-state index contributed by atoms with van der Waals surface area (Å²) in [6.45, 7) is 10.6. The standard InChI is InChI=1S/C27H26N6.C2H6/c1-18-13-28-14-19(2)33(18)22-9-7-20(8-10-22)21-15-30-27-25(16-31-32(27)17-21)23-11-12-29-26-6-4-3-5-24(23)26;1-2/h3-12,15-19,28H,13-14H2,1-2H3;1-2H3/t18-,19+;. The van der Waals surface area contributed by atoms with Crippen LogP contribution in [0.15, 0.2) is 79.4 Å². The summed E-state index contributed by atoms with van der Waals surface area (Å²) < 4.78 is 1.87. The molecule has 2 atom stereocenters. The first-order valence-electron chi connectivity index (χ1n) is 12.5. The number of para-hydroxylation sites is 1. The van der Waals surface area contributed by atoms with Crippen LogP contribution in [0.3, 0.4) is 0 Å². The van der Waals surface area contributed by atoms with E-state index in [0.717, 1.165) is 51.9 Å². The lowest BCUT2D eigenvalue weighted by atomic mass is 10.0. The summed E-state index contributed by atoms with van der Waals surface area (Å²) >= 11 is 0. The van der Waals surface area contributed by atoms with Crippen molar-refractivity contribution >= 4 is 22.2 Å². The zero-order valence-electron chi connectivity index (χ0n) is 20.8. The monoisotopic (exact) mass is 464 g/mol. The second kappa shape index (κ2) is 9.84. The molecule has 1 saturated heterocycles. The number of nitrogens with zero attached hydrogens (tertiary/aromatic N) is 5. The third-order valence-corrected chi connectivity index (χ3v) is 6.62. The minimum Gasteiger partial charge on any atom is -0.364 e. The Morgan fingerprint density at radius 3 is 2.31 bits per heavy atom. The van der Waals surface area contributed by atoms with Gasteiger partial charge < -0.3 is 10.2 Å². The molecular weight excluding hydrogens is 432 g/mol. The number of benzene rings is 2. The zero-order valence-corrected chi connectivity index (χ0v) is 20.8. The third-order valence-electron chi connectivity index (χ3n) is 6.62. The predicted molar refractivity (Wildman–Crippen MR) is 145 cm³/mol. The largest absolute Gasteiger partial charge is 0.364 e. The Balaban J connectivity index is 0.00000124. The fraction of sp³-hybridized carbons (Fsp3) is 0.276. The lowest BCUT2D eigenvalue weighted by molar-refractivity contribution is 0.432. The Kier molecular flexibility index (Phi) is 6.47. The first kappa shape index (κ1) is 23.0. The number of nitrogens with one attached hydrogen (secondary N) is 1. The van der Waals surface area contributed by atoms with Crippen molar-refractivity contribution in [1.82, 2.24) is 24.9 Å². The van der Waals surface area contributed by atoms with E-state index in [2.05, 4.69) is 70.7 Å². The number of aromatic nitrogens is 4. The van der Waals surface area contributed by atoms with Gasteiger partial charge in [0, 0.05) is 66.0 Å². The van der Waals surface area contributed by atoms with Crippen molar-refractivity contribution in [3.8, 4) is 22.3 Å². The highest BCUT2D eigenvalue weighted by Gasteiger charge is 2.24. The minimum atomic E-state index is 0.476. The van der Waals surface area contributed by atoms with Crippen molar-refractivity contribution in [2.45, 2.75) is 39.8 Å². The Labute approximate surface area is 206 Å². The van der Waals surface area contributed by atoms with Crippen LogP contribution in [0.25, 0.3) is 38.8 Å². The highest BCUT2D eigenvalue weighted by atomic mass is 15.2. The van der Waals surface area contributed by atoms with Gasteiger partial charge in [-0.15, -0.1) is 0 Å². The van der Waals surface area contributed by atoms with Gasteiger partial charge in [-0.05, 0) is 49.2 Å². The SMILES string of the molecule is CC.C[C@@H]1CNC[C@H](C)N1c1ccc(-c2cnc3c(-c4ccnc5ccccc45)cnn3c2)cc1. The molecule has 6 rings (SSSR count). The van der Waals surface area contributed by atoms with Gasteiger partial charge in [-0.25, -0.2) is 9.50 Å². The maximum atomic E-state index is 4.80. The first-order chi connectivity index (χ1) is 17.2. The lowest BCUT2D eigenvalue weighted by Gasteiger charge is -2.41. The fourth-order valence-corrected chi connectivity index (χ4v) is 5.01. The second-order valence-corrected chi connectivity index (χ2v) is 8.86. The molecule has 0 saturated carbocycles. The maximum absolute atomic E-state index is 4.80. The summed E-state index contributed by atoms with van der Waals surface area (Å²) in [6, 6.07) is 20.0.